The third-order valence-corrected chi connectivity index (χ3v) is 9.18. The lowest BCUT2D eigenvalue weighted by atomic mass is 10.1. The van der Waals surface area contributed by atoms with Gasteiger partial charge in [-0.3, -0.25) is 19.3 Å². The van der Waals surface area contributed by atoms with Crippen molar-refractivity contribution in [3.05, 3.63) is 103 Å². The minimum atomic E-state index is -3.35. The fourth-order valence-corrected chi connectivity index (χ4v) is 6.14. The van der Waals surface area contributed by atoms with E-state index < -0.39 is 21.7 Å². The molecule has 1 aliphatic rings. The second-order valence-electron chi connectivity index (χ2n) is 11.5. The van der Waals surface area contributed by atoms with Crippen molar-refractivity contribution in [3.8, 4) is 11.6 Å². The zero-order valence-corrected chi connectivity index (χ0v) is 27.7. The van der Waals surface area contributed by atoms with Gasteiger partial charge in [0.25, 0.3) is 0 Å². The Kier molecular flexibility index (Phi) is 11.2. The van der Waals surface area contributed by atoms with Gasteiger partial charge in [-0.15, -0.1) is 0 Å². The first kappa shape index (κ1) is 34.3. The molecule has 0 bridgehead atoms. The molecule has 0 saturated carbocycles. The first-order valence-electron chi connectivity index (χ1n) is 15.8. The predicted molar refractivity (Wildman–Crippen MR) is 185 cm³/mol. The molecule has 1 saturated heterocycles. The molecule has 5 rings (SSSR count). The number of rotatable bonds is 11. The first-order chi connectivity index (χ1) is 23.1. The Balaban J connectivity index is 1.20. The van der Waals surface area contributed by atoms with Crippen molar-refractivity contribution in [2.75, 3.05) is 39.1 Å². The normalized spacial score (nSPS) is 15.2. The molecular weight excluding hydrogens is 635 g/mol. The average Bonchev–Trinajstić information content (AvgIpc) is 3.30. The topological polar surface area (TPSA) is 133 Å². The molecule has 0 spiro atoms. The van der Waals surface area contributed by atoms with Crippen LogP contribution < -0.4 is 25.0 Å². The molecule has 252 valence electrons. The molecule has 3 N–H and O–H groups in total. The Labute approximate surface area is 280 Å². The molecule has 11 nitrogen and oxygen atoms in total. The van der Waals surface area contributed by atoms with E-state index in [2.05, 4.69) is 25.2 Å². The van der Waals surface area contributed by atoms with Crippen LogP contribution in [0.4, 0.5) is 31.9 Å². The molecule has 48 heavy (non-hydrogen) atoms. The molecule has 1 aromatic heterocycles. The molecule has 1 fully saturated rings. The number of hydrogen-bond acceptors (Lipinski definition) is 7. The van der Waals surface area contributed by atoms with Crippen LogP contribution in [0.3, 0.4) is 0 Å². The summed E-state index contributed by atoms with van der Waals surface area (Å²) in [5, 5.41) is 5.35. The van der Waals surface area contributed by atoms with Crippen LogP contribution in [-0.2, 0) is 21.4 Å². The summed E-state index contributed by atoms with van der Waals surface area (Å²) >= 11 is 0. The number of urea groups is 1. The van der Waals surface area contributed by atoms with Crippen LogP contribution in [0.1, 0.15) is 38.7 Å². The summed E-state index contributed by atoms with van der Waals surface area (Å²) in [6.45, 7) is 5.17. The van der Waals surface area contributed by atoms with Gasteiger partial charge in [0.15, 0.2) is 0 Å². The summed E-state index contributed by atoms with van der Waals surface area (Å²) in [5.74, 6) is -0.0453. The highest BCUT2D eigenvalue weighted by Crippen LogP contribution is 2.28. The van der Waals surface area contributed by atoms with Crippen LogP contribution in [0.2, 0.25) is 0 Å². The van der Waals surface area contributed by atoms with Gasteiger partial charge in [-0.25, -0.2) is 22.6 Å². The largest absolute Gasteiger partial charge is 0.439 e. The zero-order chi connectivity index (χ0) is 34.1. The van der Waals surface area contributed by atoms with Crippen molar-refractivity contribution in [2.45, 2.75) is 45.7 Å². The minimum absolute atomic E-state index is 0.000656. The SMILES string of the molecule is CCS(=O)(=O)Nc1ccc(Oc2ccc(CN3CCC[C@H](N(C(=O)Nc4ccc(F)c(NC(C)=O)c4)c4ccccc4)CC3)cn2)cc1. The van der Waals surface area contributed by atoms with Crippen molar-refractivity contribution in [2.24, 2.45) is 0 Å². The van der Waals surface area contributed by atoms with E-state index in [-0.39, 0.29) is 23.5 Å². The number of benzene rings is 3. The van der Waals surface area contributed by atoms with E-state index in [0.717, 1.165) is 43.6 Å². The number of anilines is 4. The van der Waals surface area contributed by atoms with Gasteiger partial charge in [0.05, 0.1) is 11.4 Å². The maximum absolute atomic E-state index is 14.2. The number of para-hydroxylation sites is 1. The van der Waals surface area contributed by atoms with E-state index in [1.807, 2.05) is 36.4 Å². The highest BCUT2D eigenvalue weighted by Gasteiger charge is 2.28. The molecule has 4 aromatic rings. The summed E-state index contributed by atoms with van der Waals surface area (Å²) in [6.07, 6.45) is 4.19. The van der Waals surface area contributed by atoms with Crippen molar-refractivity contribution in [3.63, 3.8) is 0 Å². The number of nitrogens with one attached hydrogen (secondary N) is 3. The quantitative estimate of drug-likeness (QED) is 0.159. The number of amides is 3. The number of sulfonamides is 1. The number of carbonyl (C=O) groups is 2. The molecule has 13 heteroatoms. The van der Waals surface area contributed by atoms with Crippen molar-refractivity contribution >= 4 is 44.7 Å². The number of halogens is 1. The van der Waals surface area contributed by atoms with Crippen molar-refractivity contribution < 1.29 is 27.1 Å². The lowest BCUT2D eigenvalue weighted by Crippen LogP contribution is -2.43. The van der Waals surface area contributed by atoms with E-state index in [4.69, 9.17) is 4.74 Å². The van der Waals surface area contributed by atoms with E-state index in [0.29, 0.717) is 29.5 Å². The van der Waals surface area contributed by atoms with Gasteiger partial charge in [-0.05, 0) is 92.9 Å². The lowest BCUT2D eigenvalue weighted by molar-refractivity contribution is -0.114. The van der Waals surface area contributed by atoms with Crippen molar-refractivity contribution in [1.29, 1.82) is 0 Å². The first-order valence-corrected chi connectivity index (χ1v) is 17.4. The van der Waals surface area contributed by atoms with E-state index in [9.17, 15) is 22.4 Å². The molecule has 1 atom stereocenters. The number of hydrogen-bond donors (Lipinski definition) is 3. The smallest absolute Gasteiger partial charge is 0.326 e. The molecule has 1 aliphatic heterocycles. The molecule has 0 unspecified atom stereocenters. The van der Waals surface area contributed by atoms with Crippen LogP contribution in [-0.4, -0.2) is 55.1 Å². The Hall–Kier alpha value is -5.01. The Morgan fingerprint density at radius 2 is 1.71 bits per heavy atom. The van der Waals surface area contributed by atoms with Crippen LogP contribution in [0, 0.1) is 5.82 Å². The summed E-state index contributed by atoms with van der Waals surface area (Å²) < 4.78 is 46.1. The second-order valence-corrected chi connectivity index (χ2v) is 13.5. The highest BCUT2D eigenvalue weighted by atomic mass is 32.2. The van der Waals surface area contributed by atoms with Crippen LogP contribution in [0.15, 0.2) is 91.1 Å². The Bertz CT molecular complexity index is 1810. The fourth-order valence-electron chi connectivity index (χ4n) is 5.50. The van der Waals surface area contributed by atoms with E-state index >= 15 is 0 Å². The highest BCUT2D eigenvalue weighted by molar-refractivity contribution is 7.92. The average molecular weight is 675 g/mol. The van der Waals surface area contributed by atoms with Gasteiger partial charge in [0.2, 0.25) is 21.8 Å². The van der Waals surface area contributed by atoms with Gasteiger partial charge in [0.1, 0.15) is 11.6 Å². The van der Waals surface area contributed by atoms with E-state index in [1.165, 1.54) is 25.1 Å². The van der Waals surface area contributed by atoms with E-state index in [1.54, 1.807) is 48.4 Å². The Morgan fingerprint density at radius 3 is 2.40 bits per heavy atom. The van der Waals surface area contributed by atoms with Crippen LogP contribution >= 0.6 is 0 Å². The van der Waals surface area contributed by atoms with Gasteiger partial charge in [0, 0.05) is 55.4 Å². The third-order valence-electron chi connectivity index (χ3n) is 7.87. The summed E-state index contributed by atoms with van der Waals surface area (Å²) in [7, 11) is -3.35. The Morgan fingerprint density at radius 1 is 0.958 bits per heavy atom. The maximum atomic E-state index is 14.2. The monoisotopic (exact) mass is 674 g/mol. The summed E-state index contributed by atoms with van der Waals surface area (Å²) in [4.78, 5) is 33.8. The minimum Gasteiger partial charge on any atom is -0.439 e. The van der Waals surface area contributed by atoms with Crippen molar-refractivity contribution in [1.82, 2.24) is 9.88 Å². The number of pyridine rings is 1. The zero-order valence-electron chi connectivity index (χ0n) is 26.9. The lowest BCUT2D eigenvalue weighted by Gasteiger charge is -2.31. The summed E-state index contributed by atoms with van der Waals surface area (Å²) in [5.41, 5.74) is 2.62. The fraction of sp³-hybridized carbons (Fsp3) is 0.286. The molecule has 0 radical (unpaired) electrons. The molecular formula is C35H39FN6O5S. The molecule has 2 heterocycles. The van der Waals surface area contributed by atoms with Gasteiger partial charge in [-0.2, -0.15) is 0 Å². The van der Waals surface area contributed by atoms with Crippen LogP contribution in [0.25, 0.3) is 0 Å². The number of ether oxygens (including phenoxy) is 1. The molecule has 0 aliphatic carbocycles. The second kappa shape index (κ2) is 15.7. The van der Waals surface area contributed by atoms with Crippen LogP contribution in [0.5, 0.6) is 11.6 Å². The van der Waals surface area contributed by atoms with Gasteiger partial charge >= 0.3 is 6.03 Å². The number of carbonyl (C=O) groups excluding carboxylic acids is 2. The third kappa shape index (κ3) is 9.52. The van der Waals surface area contributed by atoms with Gasteiger partial charge in [-0.1, -0.05) is 24.3 Å². The number of aromatic nitrogens is 1. The molecule has 3 aromatic carbocycles. The number of likely N-dealkylation sites (tertiary alicyclic amines) is 1. The maximum Gasteiger partial charge on any atom is 0.326 e. The summed E-state index contributed by atoms with van der Waals surface area (Å²) in [6, 6.07) is 23.5. The number of nitrogens with zero attached hydrogens (tertiary/aromatic N) is 3. The standard InChI is InChI=1S/C35H39FN6O5S/c1-3-48(45,46)40-27-12-15-31(16-13-27)47-34-18-11-26(23-37-34)24-41-20-7-10-30(19-21-41)42(29-8-5-4-6-9-29)35(44)39-28-14-17-32(36)33(22-28)38-25(2)43/h4-6,8-9,11-18,22-23,30,40H,3,7,10,19-21,24H2,1-2H3,(H,38,43)(H,39,44)/t30-/m0/s1. The predicted octanol–water partition coefficient (Wildman–Crippen LogP) is 6.83. The molecule has 3 amide bonds. The van der Waals surface area contributed by atoms with Gasteiger partial charge < -0.3 is 15.4 Å².